The minimum atomic E-state index is 0.561. The van der Waals surface area contributed by atoms with Crippen LogP contribution in [0.4, 0.5) is 0 Å². The molecule has 110 valence electrons. The molecule has 0 unspecified atom stereocenters. The molecule has 0 amide bonds. The second kappa shape index (κ2) is 6.69. The lowest BCUT2D eigenvalue weighted by Gasteiger charge is -2.08. The molecular weight excluding hydrogens is 391 g/mol. The molecule has 2 nitrogen and oxygen atoms in total. The fourth-order valence-corrected chi connectivity index (χ4v) is 4.33. The van der Waals surface area contributed by atoms with E-state index in [0.717, 1.165) is 45.1 Å². The standard InChI is InChI=1S/C15H13BrCl2N2S/c16-13-5-4-10(21-13)7-9-20-14(6-8-17)19-12-3-1-2-11(18)15(12)20/h1-5H,6-9H2. The number of alkyl halides is 1. The lowest BCUT2D eigenvalue weighted by molar-refractivity contribution is 0.679. The van der Waals surface area contributed by atoms with Crippen molar-refractivity contribution in [2.45, 2.75) is 19.4 Å². The number of hydrogen-bond acceptors (Lipinski definition) is 2. The molecule has 3 aromatic rings. The first-order valence-electron chi connectivity index (χ1n) is 6.63. The van der Waals surface area contributed by atoms with Crippen molar-refractivity contribution in [2.75, 3.05) is 5.88 Å². The van der Waals surface area contributed by atoms with Gasteiger partial charge in [-0.05, 0) is 46.6 Å². The zero-order valence-electron chi connectivity index (χ0n) is 11.2. The Labute approximate surface area is 145 Å². The Hall–Kier alpha value is -0.550. The van der Waals surface area contributed by atoms with Crippen LogP contribution in [0.5, 0.6) is 0 Å². The van der Waals surface area contributed by atoms with E-state index in [4.69, 9.17) is 23.2 Å². The lowest BCUT2D eigenvalue weighted by Crippen LogP contribution is -2.06. The molecule has 0 saturated carbocycles. The first-order chi connectivity index (χ1) is 10.2. The number of aromatic nitrogens is 2. The van der Waals surface area contributed by atoms with Gasteiger partial charge in [-0.25, -0.2) is 4.98 Å². The second-order valence-electron chi connectivity index (χ2n) is 4.68. The van der Waals surface area contributed by atoms with Crippen LogP contribution in [0.15, 0.2) is 34.1 Å². The van der Waals surface area contributed by atoms with Crippen molar-refractivity contribution in [3.8, 4) is 0 Å². The summed E-state index contributed by atoms with van der Waals surface area (Å²) in [6.45, 7) is 0.861. The number of nitrogens with zero attached hydrogens (tertiary/aromatic N) is 2. The van der Waals surface area contributed by atoms with Crippen LogP contribution < -0.4 is 0 Å². The van der Waals surface area contributed by atoms with Crippen LogP contribution in [-0.4, -0.2) is 15.4 Å². The minimum Gasteiger partial charge on any atom is -0.326 e. The van der Waals surface area contributed by atoms with Crippen LogP contribution in [0.1, 0.15) is 10.7 Å². The molecule has 2 heterocycles. The predicted molar refractivity (Wildman–Crippen MR) is 94.9 cm³/mol. The number of imidazole rings is 1. The third-order valence-electron chi connectivity index (χ3n) is 3.33. The second-order valence-corrected chi connectivity index (χ2v) is 8.01. The van der Waals surface area contributed by atoms with E-state index in [1.165, 1.54) is 4.88 Å². The van der Waals surface area contributed by atoms with Crippen LogP contribution in [0.2, 0.25) is 5.02 Å². The molecule has 0 atom stereocenters. The van der Waals surface area contributed by atoms with E-state index in [9.17, 15) is 0 Å². The molecule has 0 bridgehead atoms. The van der Waals surface area contributed by atoms with E-state index in [2.05, 4.69) is 37.6 Å². The number of halogens is 3. The van der Waals surface area contributed by atoms with Crippen LogP contribution in [0.3, 0.4) is 0 Å². The molecule has 2 aromatic heterocycles. The third kappa shape index (κ3) is 3.29. The monoisotopic (exact) mass is 402 g/mol. The predicted octanol–water partition coefficient (Wildman–Crippen LogP) is 5.54. The van der Waals surface area contributed by atoms with Gasteiger partial charge in [0.2, 0.25) is 0 Å². The average molecular weight is 404 g/mol. The number of fused-ring (bicyclic) bond motifs is 1. The van der Waals surface area contributed by atoms with Gasteiger partial charge >= 0.3 is 0 Å². The first kappa shape index (κ1) is 15.3. The van der Waals surface area contributed by atoms with Gasteiger partial charge < -0.3 is 4.57 Å². The number of benzene rings is 1. The van der Waals surface area contributed by atoms with Crippen molar-refractivity contribution in [3.05, 3.63) is 49.8 Å². The highest BCUT2D eigenvalue weighted by atomic mass is 79.9. The number of rotatable bonds is 5. The number of aryl methyl sites for hydroxylation is 3. The smallest absolute Gasteiger partial charge is 0.111 e. The van der Waals surface area contributed by atoms with Gasteiger partial charge in [-0.1, -0.05) is 17.7 Å². The first-order valence-corrected chi connectivity index (χ1v) is 9.15. The molecule has 0 radical (unpaired) electrons. The highest BCUT2D eigenvalue weighted by Gasteiger charge is 2.13. The summed E-state index contributed by atoms with van der Waals surface area (Å²) >= 11 is 17.5. The van der Waals surface area contributed by atoms with Crippen molar-refractivity contribution in [3.63, 3.8) is 0 Å². The Morgan fingerprint density at radius 1 is 1.19 bits per heavy atom. The van der Waals surface area contributed by atoms with Gasteiger partial charge in [0, 0.05) is 23.7 Å². The molecule has 0 spiro atoms. The summed E-state index contributed by atoms with van der Waals surface area (Å²) in [5.74, 6) is 1.56. The molecule has 0 aliphatic rings. The zero-order chi connectivity index (χ0) is 14.8. The summed E-state index contributed by atoms with van der Waals surface area (Å²) in [5, 5.41) is 0.744. The number of hydrogen-bond donors (Lipinski definition) is 0. The van der Waals surface area contributed by atoms with Crippen molar-refractivity contribution < 1.29 is 0 Å². The maximum Gasteiger partial charge on any atom is 0.111 e. The Kier molecular flexibility index (Phi) is 4.89. The quantitative estimate of drug-likeness (QED) is 0.511. The molecule has 0 N–H and O–H groups in total. The summed E-state index contributed by atoms with van der Waals surface area (Å²) < 4.78 is 3.36. The molecule has 0 aliphatic carbocycles. The maximum atomic E-state index is 6.36. The minimum absolute atomic E-state index is 0.561. The van der Waals surface area contributed by atoms with Crippen molar-refractivity contribution in [2.24, 2.45) is 0 Å². The Balaban J connectivity index is 1.96. The summed E-state index contributed by atoms with van der Waals surface area (Å²) in [6.07, 6.45) is 1.71. The molecule has 21 heavy (non-hydrogen) atoms. The van der Waals surface area contributed by atoms with Crippen molar-refractivity contribution >= 4 is 61.5 Å². The van der Waals surface area contributed by atoms with Gasteiger partial charge in [0.05, 0.1) is 19.8 Å². The Bertz CT molecular complexity index is 766. The molecule has 0 saturated heterocycles. The largest absolute Gasteiger partial charge is 0.326 e. The summed E-state index contributed by atoms with van der Waals surface area (Å²) in [6, 6.07) is 10.1. The van der Waals surface area contributed by atoms with Gasteiger partial charge in [0.25, 0.3) is 0 Å². The van der Waals surface area contributed by atoms with E-state index in [0.29, 0.717) is 5.88 Å². The molecule has 0 aliphatic heterocycles. The van der Waals surface area contributed by atoms with E-state index < -0.39 is 0 Å². The van der Waals surface area contributed by atoms with Crippen LogP contribution in [-0.2, 0) is 19.4 Å². The average Bonchev–Trinajstić information content (AvgIpc) is 3.01. The lowest BCUT2D eigenvalue weighted by atomic mass is 10.3. The zero-order valence-corrected chi connectivity index (χ0v) is 15.1. The van der Waals surface area contributed by atoms with E-state index in [-0.39, 0.29) is 0 Å². The van der Waals surface area contributed by atoms with Crippen LogP contribution in [0, 0.1) is 0 Å². The van der Waals surface area contributed by atoms with Gasteiger partial charge in [0.1, 0.15) is 5.82 Å². The fraction of sp³-hybridized carbons (Fsp3) is 0.267. The maximum absolute atomic E-state index is 6.36. The highest BCUT2D eigenvalue weighted by molar-refractivity contribution is 9.11. The van der Waals surface area contributed by atoms with Gasteiger partial charge in [-0.15, -0.1) is 22.9 Å². The summed E-state index contributed by atoms with van der Waals surface area (Å²) in [5.41, 5.74) is 1.95. The van der Waals surface area contributed by atoms with Gasteiger partial charge in [0.15, 0.2) is 0 Å². The summed E-state index contributed by atoms with van der Waals surface area (Å²) in [4.78, 5) is 6.01. The molecule has 1 aromatic carbocycles. The third-order valence-corrected chi connectivity index (χ3v) is 5.50. The van der Waals surface area contributed by atoms with E-state index in [1.54, 1.807) is 11.3 Å². The van der Waals surface area contributed by atoms with Crippen molar-refractivity contribution in [1.82, 2.24) is 9.55 Å². The molecule has 3 rings (SSSR count). The SMILES string of the molecule is ClCCc1nc2cccc(Cl)c2n1CCc1ccc(Br)s1. The highest BCUT2D eigenvalue weighted by Crippen LogP contribution is 2.27. The normalized spacial score (nSPS) is 11.4. The fourth-order valence-electron chi connectivity index (χ4n) is 2.41. The van der Waals surface area contributed by atoms with E-state index in [1.807, 2.05) is 18.2 Å². The van der Waals surface area contributed by atoms with Crippen LogP contribution >= 0.6 is 50.5 Å². The molecule has 0 fully saturated rings. The topological polar surface area (TPSA) is 17.8 Å². The van der Waals surface area contributed by atoms with Gasteiger partial charge in [-0.3, -0.25) is 0 Å². The van der Waals surface area contributed by atoms with E-state index >= 15 is 0 Å². The Morgan fingerprint density at radius 3 is 2.76 bits per heavy atom. The Morgan fingerprint density at radius 2 is 2.05 bits per heavy atom. The number of thiophene rings is 1. The van der Waals surface area contributed by atoms with Crippen molar-refractivity contribution in [1.29, 1.82) is 0 Å². The molecule has 6 heteroatoms. The summed E-state index contributed by atoms with van der Waals surface area (Å²) in [7, 11) is 0. The van der Waals surface area contributed by atoms with Crippen LogP contribution in [0.25, 0.3) is 11.0 Å². The number of para-hydroxylation sites is 1. The van der Waals surface area contributed by atoms with Gasteiger partial charge in [-0.2, -0.15) is 0 Å². The molecular formula is C15H13BrCl2N2S.